The molecule has 3 amide bonds. The topological polar surface area (TPSA) is 100 Å². The van der Waals surface area contributed by atoms with E-state index in [0.717, 1.165) is 5.56 Å². The van der Waals surface area contributed by atoms with Gasteiger partial charge in [0.1, 0.15) is 5.76 Å². The second kappa shape index (κ2) is 9.73. The number of carbonyl (C=O) groups excluding carboxylic acids is 3. The smallest absolute Gasteiger partial charge is 0.251 e. The molecule has 0 radical (unpaired) electrons. The predicted molar refractivity (Wildman–Crippen MR) is 106 cm³/mol. The first-order valence-electron chi connectivity index (χ1n) is 9.20. The summed E-state index contributed by atoms with van der Waals surface area (Å²) < 4.78 is 5.10. The number of benzene rings is 1. The molecule has 2 aromatic rings. The largest absolute Gasteiger partial charge is 0.467 e. The Morgan fingerprint density at radius 2 is 1.64 bits per heavy atom. The number of carbonyl (C=O) groups is 3. The molecule has 0 unspecified atom stereocenters. The van der Waals surface area contributed by atoms with Crippen molar-refractivity contribution in [3.8, 4) is 0 Å². The van der Waals surface area contributed by atoms with Gasteiger partial charge in [-0.25, -0.2) is 0 Å². The molecule has 1 aromatic carbocycles. The van der Waals surface area contributed by atoms with E-state index in [0.29, 0.717) is 11.3 Å². The minimum atomic E-state index is -0.312. The van der Waals surface area contributed by atoms with Crippen LogP contribution in [0.25, 0.3) is 0 Å². The van der Waals surface area contributed by atoms with Crippen LogP contribution in [-0.4, -0.2) is 30.8 Å². The van der Waals surface area contributed by atoms with Gasteiger partial charge in [-0.2, -0.15) is 0 Å². The van der Waals surface area contributed by atoms with E-state index >= 15 is 0 Å². The number of rotatable bonds is 8. The molecule has 0 atom stereocenters. The van der Waals surface area contributed by atoms with Crippen LogP contribution in [0, 0.1) is 0 Å². The van der Waals surface area contributed by atoms with Crippen LogP contribution in [0.5, 0.6) is 0 Å². The molecule has 28 heavy (non-hydrogen) atoms. The highest BCUT2D eigenvalue weighted by Gasteiger charge is 2.14. The third-order valence-corrected chi connectivity index (χ3v) is 4.14. The molecule has 0 saturated carbocycles. The van der Waals surface area contributed by atoms with E-state index in [2.05, 4.69) is 36.7 Å². The van der Waals surface area contributed by atoms with Crippen LogP contribution < -0.4 is 16.0 Å². The first-order chi connectivity index (χ1) is 13.3. The summed E-state index contributed by atoms with van der Waals surface area (Å²) in [4.78, 5) is 35.6. The third kappa shape index (κ3) is 6.90. The van der Waals surface area contributed by atoms with E-state index in [1.165, 1.54) is 6.26 Å². The standard InChI is InChI=1S/C21H27N3O4/c1-21(2,3)16-8-6-15(7-9-16)20(27)22-11-10-18(25)24-14-19(26)23-13-17-5-4-12-28-17/h4-9,12H,10-11,13-14H2,1-3H3,(H,22,27)(H,23,26)(H,24,25). The van der Waals surface area contributed by atoms with E-state index in [9.17, 15) is 14.4 Å². The van der Waals surface area contributed by atoms with Crippen molar-refractivity contribution >= 4 is 17.7 Å². The minimum absolute atomic E-state index is 0.0251. The van der Waals surface area contributed by atoms with E-state index in [1.54, 1.807) is 24.3 Å². The molecular formula is C21H27N3O4. The Hall–Kier alpha value is -3.09. The molecule has 3 N–H and O–H groups in total. The van der Waals surface area contributed by atoms with Crippen molar-refractivity contribution in [2.24, 2.45) is 0 Å². The zero-order valence-corrected chi connectivity index (χ0v) is 16.5. The van der Waals surface area contributed by atoms with Crippen LogP contribution in [0.2, 0.25) is 0 Å². The summed E-state index contributed by atoms with van der Waals surface area (Å²) in [6, 6.07) is 10.9. The van der Waals surface area contributed by atoms with Crippen LogP contribution in [0.15, 0.2) is 47.1 Å². The van der Waals surface area contributed by atoms with E-state index in [4.69, 9.17) is 4.42 Å². The summed E-state index contributed by atoms with van der Waals surface area (Å²) in [7, 11) is 0. The average Bonchev–Trinajstić information content (AvgIpc) is 3.17. The highest BCUT2D eigenvalue weighted by atomic mass is 16.3. The molecule has 2 rings (SSSR count). The first-order valence-corrected chi connectivity index (χ1v) is 9.20. The Bertz CT molecular complexity index is 790. The lowest BCUT2D eigenvalue weighted by atomic mass is 9.87. The Morgan fingerprint density at radius 1 is 0.929 bits per heavy atom. The van der Waals surface area contributed by atoms with Crippen LogP contribution >= 0.6 is 0 Å². The maximum atomic E-state index is 12.1. The molecule has 0 aliphatic heterocycles. The zero-order valence-electron chi connectivity index (χ0n) is 16.5. The molecule has 0 saturated heterocycles. The van der Waals surface area contributed by atoms with Gasteiger partial charge in [-0.15, -0.1) is 0 Å². The minimum Gasteiger partial charge on any atom is -0.467 e. The Kier molecular flexibility index (Phi) is 7.37. The van der Waals surface area contributed by atoms with Crippen molar-refractivity contribution in [1.82, 2.24) is 16.0 Å². The highest BCUT2D eigenvalue weighted by molar-refractivity contribution is 5.94. The van der Waals surface area contributed by atoms with Gasteiger partial charge in [0.15, 0.2) is 0 Å². The Labute approximate surface area is 164 Å². The quantitative estimate of drug-likeness (QED) is 0.648. The molecule has 0 spiro atoms. The highest BCUT2D eigenvalue weighted by Crippen LogP contribution is 2.22. The lowest BCUT2D eigenvalue weighted by molar-refractivity contribution is -0.126. The van der Waals surface area contributed by atoms with Crippen molar-refractivity contribution in [2.75, 3.05) is 13.1 Å². The van der Waals surface area contributed by atoms with Gasteiger partial charge in [-0.1, -0.05) is 32.9 Å². The van der Waals surface area contributed by atoms with Gasteiger partial charge in [-0.3, -0.25) is 14.4 Å². The van der Waals surface area contributed by atoms with Crippen molar-refractivity contribution < 1.29 is 18.8 Å². The zero-order chi connectivity index (χ0) is 20.6. The normalized spacial score (nSPS) is 11.0. The molecule has 7 heteroatoms. The van der Waals surface area contributed by atoms with Gasteiger partial charge in [0, 0.05) is 18.5 Å². The third-order valence-electron chi connectivity index (χ3n) is 4.14. The molecule has 7 nitrogen and oxygen atoms in total. The van der Waals surface area contributed by atoms with Gasteiger partial charge in [0.25, 0.3) is 5.91 Å². The number of hydrogen-bond acceptors (Lipinski definition) is 4. The first kappa shape index (κ1) is 21.2. The summed E-state index contributed by atoms with van der Waals surface area (Å²) in [5.74, 6) is -0.216. The molecule has 150 valence electrons. The monoisotopic (exact) mass is 385 g/mol. The fraction of sp³-hybridized carbons (Fsp3) is 0.381. The summed E-state index contributed by atoms with van der Waals surface area (Å²) in [6.07, 6.45) is 1.62. The predicted octanol–water partition coefficient (Wildman–Crippen LogP) is 2.13. The van der Waals surface area contributed by atoms with Crippen LogP contribution in [0.1, 0.15) is 48.9 Å². The molecule has 1 aromatic heterocycles. The maximum absolute atomic E-state index is 12.1. The van der Waals surface area contributed by atoms with Crippen molar-refractivity contribution in [2.45, 2.75) is 39.2 Å². The van der Waals surface area contributed by atoms with Gasteiger partial charge >= 0.3 is 0 Å². The van der Waals surface area contributed by atoms with Gasteiger partial charge in [0.05, 0.1) is 19.4 Å². The van der Waals surface area contributed by atoms with Crippen molar-refractivity contribution in [3.63, 3.8) is 0 Å². The molecule has 0 fully saturated rings. The Balaban J connectivity index is 1.64. The van der Waals surface area contributed by atoms with Crippen LogP contribution in [0.3, 0.4) is 0 Å². The fourth-order valence-electron chi connectivity index (χ4n) is 2.44. The van der Waals surface area contributed by atoms with Crippen LogP contribution in [-0.2, 0) is 21.5 Å². The van der Waals surface area contributed by atoms with Gasteiger partial charge in [-0.05, 0) is 35.2 Å². The second-order valence-corrected chi connectivity index (χ2v) is 7.47. The molecule has 1 heterocycles. The van der Waals surface area contributed by atoms with Crippen LogP contribution in [0.4, 0.5) is 0 Å². The van der Waals surface area contributed by atoms with Gasteiger partial charge < -0.3 is 20.4 Å². The van der Waals surface area contributed by atoms with E-state index < -0.39 is 0 Å². The molecule has 0 aliphatic carbocycles. The van der Waals surface area contributed by atoms with Crippen molar-refractivity contribution in [3.05, 3.63) is 59.5 Å². The molecule has 0 aliphatic rings. The van der Waals surface area contributed by atoms with E-state index in [-0.39, 0.29) is 49.2 Å². The number of hydrogen-bond donors (Lipinski definition) is 3. The summed E-state index contributed by atoms with van der Waals surface area (Å²) in [5.41, 5.74) is 1.72. The number of amides is 3. The number of nitrogens with one attached hydrogen (secondary N) is 3. The Morgan fingerprint density at radius 3 is 2.25 bits per heavy atom. The molecule has 0 bridgehead atoms. The van der Waals surface area contributed by atoms with Gasteiger partial charge in [0.2, 0.25) is 11.8 Å². The summed E-state index contributed by atoms with van der Waals surface area (Å²) in [5, 5.41) is 7.86. The summed E-state index contributed by atoms with van der Waals surface area (Å²) >= 11 is 0. The SMILES string of the molecule is CC(C)(C)c1ccc(C(=O)NCCC(=O)NCC(=O)NCc2ccco2)cc1. The van der Waals surface area contributed by atoms with E-state index in [1.807, 2.05) is 12.1 Å². The number of furan rings is 1. The average molecular weight is 385 g/mol. The summed E-state index contributed by atoms with van der Waals surface area (Å²) in [6.45, 7) is 6.67. The lowest BCUT2D eigenvalue weighted by Gasteiger charge is -2.19. The fourth-order valence-corrected chi connectivity index (χ4v) is 2.44. The second-order valence-electron chi connectivity index (χ2n) is 7.47. The maximum Gasteiger partial charge on any atom is 0.251 e. The van der Waals surface area contributed by atoms with Crippen molar-refractivity contribution in [1.29, 1.82) is 0 Å². The lowest BCUT2D eigenvalue weighted by Crippen LogP contribution is -2.38. The molecular weight excluding hydrogens is 358 g/mol.